The monoisotopic (exact) mass is 549 g/mol. The lowest BCUT2D eigenvalue weighted by Crippen LogP contribution is -2.52. The van der Waals surface area contributed by atoms with Crippen LogP contribution < -0.4 is 15.5 Å². The first-order valence-electron chi connectivity index (χ1n) is 11.7. The molecular formula is C23H33BrFN7OSi. The SMILES string of the molecule is C[Si](C)(C)CCOCn1cc(Br)c2c(NCc3cccc(N4CCNC(CF)C4)n3)ncnc21. The van der Waals surface area contributed by atoms with Crippen molar-refractivity contribution in [1.82, 2.24) is 24.8 Å². The zero-order chi connectivity index (χ0) is 24.1. The van der Waals surface area contributed by atoms with Crippen LogP contribution in [0.3, 0.4) is 0 Å². The van der Waals surface area contributed by atoms with E-state index in [9.17, 15) is 4.39 Å². The van der Waals surface area contributed by atoms with Crippen LogP contribution in [0.25, 0.3) is 11.0 Å². The van der Waals surface area contributed by atoms with Crippen molar-refractivity contribution in [1.29, 1.82) is 0 Å². The Morgan fingerprint density at radius 3 is 2.94 bits per heavy atom. The number of hydrogen-bond acceptors (Lipinski definition) is 7. The Balaban J connectivity index is 1.43. The third kappa shape index (κ3) is 6.32. The van der Waals surface area contributed by atoms with Crippen molar-refractivity contribution in [2.75, 3.05) is 43.1 Å². The molecular weight excluding hydrogens is 517 g/mol. The number of alkyl halides is 1. The Kier molecular flexibility index (Phi) is 8.17. The third-order valence-electron chi connectivity index (χ3n) is 5.83. The van der Waals surface area contributed by atoms with E-state index in [-0.39, 0.29) is 12.7 Å². The van der Waals surface area contributed by atoms with E-state index in [0.717, 1.165) is 58.6 Å². The van der Waals surface area contributed by atoms with E-state index in [1.807, 2.05) is 29.0 Å². The predicted molar refractivity (Wildman–Crippen MR) is 141 cm³/mol. The van der Waals surface area contributed by atoms with Crippen molar-refractivity contribution < 1.29 is 9.13 Å². The van der Waals surface area contributed by atoms with Crippen LogP contribution in [0, 0.1) is 0 Å². The van der Waals surface area contributed by atoms with Crippen LogP contribution in [0.1, 0.15) is 5.69 Å². The first-order valence-corrected chi connectivity index (χ1v) is 16.2. The fraction of sp³-hybridized carbons (Fsp3) is 0.522. The summed E-state index contributed by atoms with van der Waals surface area (Å²) in [6.07, 6.45) is 3.56. The van der Waals surface area contributed by atoms with E-state index in [2.05, 4.69) is 61.1 Å². The summed E-state index contributed by atoms with van der Waals surface area (Å²) in [5, 5.41) is 7.52. The molecule has 1 aliphatic heterocycles. The third-order valence-corrected chi connectivity index (χ3v) is 8.13. The molecule has 3 aromatic rings. The number of nitrogens with one attached hydrogen (secondary N) is 2. The molecule has 4 rings (SSSR count). The number of pyridine rings is 1. The number of ether oxygens (including phenoxy) is 1. The molecule has 3 aromatic heterocycles. The Bertz CT molecular complexity index is 1110. The molecule has 2 N–H and O–H groups in total. The van der Waals surface area contributed by atoms with Gasteiger partial charge in [-0.15, -0.1) is 0 Å². The molecule has 4 heterocycles. The number of halogens is 2. The molecule has 0 bridgehead atoms. The average Bonchev–Trinajstić information content (AvgIpc) is 3.16. The number of piperazine rings is 1. The van der Waals surface area contributed by atoms with Gasteiger partial charge in [-0.05, 0) is 34.1 Å². The zero-order valence-electron chi connectivity index (χ0n) is 20.0. The minimum atomic E-state index is -1.12. The minimum Gasteiger partial charge on any atom is -0.364 e. The average molecular weight is 551 g/mol. The van der Waals surface area contributed by atoms with E-state index in [0.29, 0.717) is 19.8 Å². The number of rotatable bonds is 10. The second kappa shape index (κ2) is 11.1. The molecule has 0 saturated carbocycles. The lowest BCUT2D eigenvalue weighted by atomic mass is 10.2. The van der Waals surface area contributed by atoms with Gasteiger partial charge >= 0.3 is 0 Å². The Morgan fingerprint density at radius 1 is 1.29 bits per heavy atom. The number of fused-ring (bicyclic) bond motifs is 1. The Morgan fingerprint density at radius 2 is 2.15 bits per heavy atom. The predicted octanol–water partition coefficient (Wildman–Crippen LogP) is 4.26. The highest BCUT2D eigenvalue weighted by Gasteiger charge is 2.20. The Hall–Kier alpha value is -2.08. The molecule has 34 heavy (non-hydrogen) atoms. The highest BCUT2D eigenvalue weighted by atomic mass is 79.9. The van der Waals surface area contributed by atoms with Crippen LogP contribution in [0.2, 0.25) is 25.7 Å². The Labute approximate surface area is 209 Å². The summed E-state index contributed by atoms with van der Waals surface area (Å²) in [5.41, 5.74) is 1.71. The van der Waals surface area contributed by atoms with Crippen LogP contribution in [0.4, 0.5) is 16.0 Å². The summed E-state index contributed by atoms with van der Waals surface area (Å²) >= 11 is 3.66. The second-order valence-electron chi connectivity index (χ2n) is 9.81. The molecule has 0 radical (unpaired) electrons. The van der Waals surface area contributed by atoms with Crippen LogP contribution in [0.15, 0.2) is 35.2 Å². The van der Waals surface area contributed by atoms with Crippen LogP contribution in [0.5, 0.6) is 0 Å². The molecule has 1 aliphatic rings. The van der Waals surface area contributed by atoms with Gasteiger partial charge in [0.25, 0.3) is 0 Å². The zero-order valence-corrected chi connectivity index (χ0v) is 22.6. The molecule has 1 saturated heterocycles. The minimum absolute atomic E-state index is 0.146. The molecule has 1 atom stereocenters. The summed E-state index contributed by atoms with van der Waals surface area (Å²) in [5.74, 6) is 1.61. The first-order chi connectivity index (χ1) is 16.3. The van der Waals surface area contributed by atoms with E-state index in [4.69, 9.17) is 9.72 Å². The molecule has 1 fully saturated rings. The molecule has 1 unspecified atom stereocenters. The fourth-order valence-corrected chi connectivity index (χ4v) is 5.27. The number of hydrogen-bond donors (Lipinski definition) is 2. The summed E-state index contributed by atoms with van der Waals surface area (Å²) in [4.78, 5) is 15.9. The largest absolute Gasteiger partial charge is 0.364 e. The molecule has 0 aromatic carbocycles. The summed E-state index contributed by atoms with van der Waals surface area (Å²) in [7, 11) is -1.12. The fourth-order valence-electron chi connectivity index (χ4n) is 3.90. The number of anilines is 2. The van der Waals surface area contributed by atoms with Gasteiger partial charge in [-0.2, -0.15) is 0 Å². The van der Waals surface area contributed by atoms with Crippen molar-refractivity contribution in [2.24, 2.45) is 0 Å². The summed E-state index contributed by atoms with van der Waals surface area (Å²) in [6, 6.07) is 6.93. The molecule has 0 aliphatic carbocycles. The lowest BCUT2D eigenvalue weighted by molar-refractivity contribution is 0.0898. The van der Waals surface area contributed by atoms with Crippen molar-refractivity contribution in [3.63, 3.8) is 0 Å². The summed E-state index contributed by atoms with van der Waals surface area (Å²) in [6.45, 7) is 10.6. The van der Waals surface area contributed by atoms with Gasteiger partial charge in [0.05, 0.1) is 23.7 Å². The quantitative estimate of drug-likeness (QED) is 0.289. The summed E-state index contributed by atoms with van der Waals surface area (Å²) < 4.78 is 22.0. The van der Waals surface area contributed by atoms with E-state index in [1.165, 1.54) is 0 Å². The van der Waals surface area contributed by atoms with Gasteiger partial charge in [-0.25, -0.2) is 19.3 Å². The van der Waals surface area contributed by atoms with Crippen molar-refractivity contribution in [2.45, 2.75) is 45.0 Å². The molecule has 184 valence electrons. The maximum absolute atomic E-state index is 13.1. The molecule has 8 nitrogen and oxygen atoms in total. The topological polar surface area (TPSA) is 80.1 Å². The van der Waals surface area contributed by atoms with Gasteiger partial charge in [0.1, 0.15) is 37.0 Å². The maximum atomic E-state index is 13.1. The van der Waals surface area contributed by atoms with E-state index in [1.54, 1.807) is 6.33 Å². The highest BCUT2D eigenvalue weighted by molar-refractivity contribution is 9.10. The molecule has 11 heteroatoms. The van der Waals surface area contributed by atoms with Gasteiger partial charge < -0.3 is 24.8 Å². The molecule has 0 amide bonds. The van der Waals surface area contributed by atoms with Crippen molar-refractivity contribution in [3.8, 4) is 0 Å². The van der Waals surface area contributed by atoms with E-state index >= 15 is 0 Å². The van der Waals surface area contributed by atoms with Crippen molar-refractivity contribution in [3.05, 3.63) is 40.9 Å². The van der Waals surface area contributed by atoms with Gasteiger partial charge in [0, 0.05) is 45.0 Å². The van der Waals surface area contributed by atoms with Crippen molar-refractivity contribution >= 4 is 46.7 Å². The normalized spacial score (nSPS) is 16.9. The van der Waals surface area contributed by atoms with Crippen LogP contribution >= 0.6 is 15.9 Å². The number of aromatic nitrogens is 4. The van der Waals surface area contributed by atoms with E-state index < -0.39 is 8.07 Å². The van der Waals surface area contributed by atoms with Gasteiger partial charge in [0.2, 0.25) is 0 Å². The highest BCUT2D eigenvalue weighted by Crippen LogP contribution is 2.30. The maximum Gasteiger partial charge on any atom is 0.148 e. The lowest BCUT2D eigenvalue weighted by Gasteiger charge is -2.33. The van der Waals surface area contributed by atoms with Crippen LogP contribution in [-0.2, 0) is 18.0 Å². The molecule has 0 spiro atoms. The van der Waals surface area contributed by atoms with Gasteiger partial charge in [-0.3, -0.25) is 0 Å². The first kappa shape index (κ1) is 25.0. The van der Waals surface area contributed by atoms with Crippen LogP contribution in [-0.4, -0.2) is 66.6 Å². The number of nitrogens with zero attached hydrogens (tertiary/aromatic N) is 5. The van der Waals surface area contributed by atoms with Gasteiger partial charge in [-0.1, -0.05) is 25.7 Å². The standard InChI is InChI=1S/C23H33BrFN7OSi/c1-34(2,3)10-9-33-16-32-14-19(24)21-22(28-15-29-23(21)32)27-12-17-5-4-6-20(30-17)31-8-7-26-18(11-25)13-31/h4-6,14-15,18,26H,7-13,16H2,1-3H3,(H,27,28,29). The second-order valence-corrected chi connectivity index (χ2v) is 16.3. The van der Waals surface area contributed by atoms with Gasteiger partial charge in [0.15, 0.2) is 0 Å². The smallest absolute Gasteiger partial charge is 0.148 e.